The number of hydrogen-bond acceptors (Lipinski definition) is 5. The summed E-state index contributed by atoms with van der Waals surface area (Å²) in [5, 5.41) is 9.72. The molecule has 1 heterocycles. The molecule has 20 heavy (non-hydrogen) atoms. The van der Waals surface area contributed by atoms with Crippen LogP contribution in [0.15, 0.2) is 33.5 Å². The first-order chi connectivity index (χ1) is 9.55. The van der Waals surface area contributed by atoms with E-state index in [-0.39, 0.29) is 6.61 Å². The summed E-state index contributed by atoms with van der Waals surface area (Å²) in [7, 11) is 0. The van der Waals surface area contributed by atoms with Crippen LogP contribution in [0.4, 0.5) is 0 Å². The van der Waals surface area contributed by atoms with Crippen molar-refractivity contribution in [2.45, 2.75) is 20.3 Å². The van der Waals surface area contributed by atoms with Gasteiger partial charge in [-0.2, -0.15) is 0 Å². The standard InChI is InChI=1S/C15H16O5/c1-3-10-6-14(17)20-13-7-11(4-5-12(10)13)19-15(18)9(2)8-16/h4-7,9,16H,3,8H2,1-2H3. The highest BCUT2D eigenvalue weighted by atomic mass is 16.5. The number of fused-ring (bicyclic) bond motifs is 1. The van der Waals surface area contributed by atoms with E-state index in [0.717, 1.165) is 10.9 Å². The minimum absolute atomic E-state index is 0.276. The van der Waals surface area contributed by atoms with E-state index in [1.165, 1.54) is 12.1 Å². The van der Waals surface area contributed by atoms with Crippen molar-refractivity contribution in [3.05, 3.63) is 40.2 Å². The van der Waals surface area contributed by atoms with Crippen LogP contribution in [0.25, 0.3) is 11.0 Å². The van der Waals surface area contributed by atoms with Crippen LogP contribution < -0.4 is 10.4 Å². The first-order valence-corrected chi connectivity index (χ1v) is 6.44. The topological polar surface area (TPSA) is 76.7 Å². The van der Waals surface area contributed by atoms with Gasteiger partial charge < -0.3 is 14.3 Å². The zero-order chi connectivity index (χ0) is 14.7. The van der Waals surface area contributed by atoms with Crippen molar-refractivity contribution in [2.24, 2.45) is 5.92 Å². The van der Waals surface area contributed by atoms with E-state index in [1.54, 1.807) is 19.1 Å². The summed E-state index contributed by atoms with van der Waals surface area (Å²) in [6.07, 6.45) is 0.711. The highest BCUT2D eigenvalue weighted by Crippen LogP contribution is 2.23. The van der Waals surface area contributed by atoms with E-state index in [0.29, 0.717) is 17.8 Å². The molecule has 2 rings (SSSR count). The van der Waals surface area contributed by atoms with Gasteiger partial charge in [-0.3, -0.25) is 4.79 Å². The molecule has 0 aliphatic carbocycles. The maximum absolute atomic E-state index is 11.6. The first kappa shape index (κ1) is 14.3. The number of benzene rings is 1. The minimum atomic E-state index is -0.598. The van der Waals surface area contributed by atoms with Crippen LogP contribution in [-0.2, 0) is 11.2 Å². The van der Waals surface area contributed by atoms with E-state index < -0.39 is 17.5 Å². The molecular formula is C15H16O5. The molecule has 1 aromatic carbocycles. The third kappa shape index (κ3) is 2.88. The molecule has 0 aliphatic rings. The summed E-state index contributed by atoms with van der Waals surface area (Å²) >= 11 is 0. The van der Waals surface area contributed by atoms with Gasteiger partial charge in [-0.15, -0.1) is 0 Å². The zero-order valence-corrected chi connectivity index (χ0v) is 11.4. The number of aliphatic hydroxyl groups excluding tert-OH is 1. The van der Waals surface area contributed by atoms with Crippen LogP contribution in [-0.4, -0.2) is 17.7 Å². The molecule has 0 saturated heterocycles. The van der Waals surface area contributed by atoms with Gasteiger partial charge >= 0.3 is 11.6 Å². The summed E-state index contributed by atoms with van der Waals surface area (Å²) in [5.41, 5.74) is 0.843. The smallest absolute Gasteiger partial charge is 0.336 e. The third-order valence-electron chi connectivity index (χ3n) is 3.08. The number of aliphatic hydroxyl groups is 1. The van der Waals surface area contributed by atoms with Gasteiger partial charge in [0.2, 0.25) is 0 Å². The Morgan fingerprint density at radius 3 is 2.80 bits per heavy atom. The molecule has 0 spiro atoms. The molecule has 5 nitrogen and oxygen atoms in total. The molecule has 2 aromatic rings. The normalized spacial score (nSPS) is 12.3. The Morgan fingerprint density at radius 1 is 1.40 bits per heavy atom. The number of hydrogen-bond donors (Lipinski definition) is 1. The second-order valence-corrected chi connectivity index (χ2v) is 4.61. The largest absolute Gasteiger partial charge is 0.426 e. The quantitative estimate of drug-likeness (QED) is 0.524. The Labute approximate surface area is 115 Å². The summed E-state index contributed by atoms with van der Waals surface area (Å²) < 4.78 is 10.2. The SMILES string of the molecule is CCc1cc(=O)oc2cc(OC(=O)C(C)CO)ccc12. The second-order valence-electron chi connectivity index (χ2n) is 4.61. The maximum Gasteiger partial charge on any atom is 0.336 e. The van der Waals surface area contributed by atoms with Crippen molar-refractivity contribution < 1.29 is 19.1 Å². The molecule has 1 N–H and O–H groups in total. The van der Waals surface area contributed by atoms with Gasteiger partial charge in [-0.05, 0) is 31.0 Å². The average Bonchev–Trinajstić information content (AvgIpc) is 2.44. The Kier molecular flexibility index (Phi) is 4.20. The number of aryl methyl sites for hydroxylation is 1. The van der Waals surface area contributed by atoms with E-state index in [4.69, 9.17) is 14.3 Å². The molecule has 0 radical (unpaired) electrons. The number of carbonyl (C=O) groups excluding carboxylic acids is 1. The highest BCUT2D eigenvalue weighted by Gasteiger charge is 2.15. The number of esters is 1. The molecule has 5 heteroatoms. The van der Waals surface area contributed by atoms with Crippen LogP contribution in [0.2, 0.25) is 0 Å². The fourth-order valence-electron chi connectivity index (χ4n) is 1.86. The van der Waals surface area contributed by atoms with Crippen LogP contribution >= 0.6 is 0 Å². The van der Waals surface area contributed by atoms with Crippen LogP contribution in [0, 0.1) is 5.92 Å². The Bertz CT molecular complexity index is 686. The molecule has 0 saturated carbocycles. The van der Waals surface area contributed by atoms with Gasteiger partial charge in [0.25, 0.3) is 0 Å². The predicted molar refractivity (Wildman–Crippen MR) is 73.7 cm³/mol. The lowest BCUT2D eigenvalue weighted by atomic mass is 10.1. The maximum atomic E-state index is 11.6. The van der Waals surface area contributed by atoms with E-state index >= 15 is 0 Å². The predicted octanol–water partition coefficient (Wildman–Crippen LogP) is 1.89. The van der Waals surface area contributed by atoms with E-state index in [9.17, 15) is 9.59 Å². The molecule has 1 aromatic heterocycles. The third-order valence-corrected chi connectivity index (χ3v) is 3.08. The first-order valence-electron chi connectivity index (χ1n) is 6.44. The number of rotatable bonds is 4. The van der Waals surface area contributed by atoms with Gasteiger partial charge in [0.05, 0.1) is 12.5 Å². The summed E-state index contributed by atoms with van der Waals surface area (Å²) in [6.45, 7) is 3.24. The molecule has 0 fully saturated rings. The second kappa shape index (κ2) is 5.88. The van der Waals surface area contributed by atoms with Crippen LogP contribution in [0.1, 0.15) is 19.4 Å². The number of carbonyl (C=O) groups is 1. The average molecular weight is 276 g/mol. The van der Waals surface area contributed by atoms with Crippen molar-refractivity contribution in [1.82, 2.24) is 0 Å². The molecule has 1 unspecified atom stereocenters. The van der Waals surface area contributed by atoms with E-state index in [2.05, 4.69) is 0 Å². The summed E-state index contributed by atoms with van der Waals surface area (Å²) in [5.74, 6) is -0.834. The lowest BCUT2D eigenvalue weighted by Crippen LogP contribution is -2.20. The molecule has 106 valence electrons. The van der Waals surface area contributed by atoms with Gasteiger partial charge in [0.15, 0.2) is 0 Å². The van der Waals surface area contributed by atoms with Crippen molar-refractivity contribution in [2.75, 3.05) is 6.61 Å². The van der Waals surface area contributed by atoms with Crippen molar-refractivity contribution in [1.29, 1.82) is 0 Å². The van der Waals surface area contributed by atoms with Crippen LogP contribution in [0.3, 0.4) is 0 Å². The molecule has 1 atom stereocenters. The highest BCUT2D eigenvalue weighted by molar-refractivity contribution is 5.83. The van der Waals surface area contributed by atoms with Crippen molar-refractivity contribution >= 4 is 16.9 Å². The van der Waals surface area contributed by atoms with Gasteiger partial charge in [-0.25, -0.2) is 4.79 Å². The molecule has 0 amide bonds. The number of ether oxygens (including phenoxy) is 1. The van der Waals surface area contributed by atoms with Crippen molar-refractivity contribution in [3.63, 3.8) is 0 Å². The van der Waals surface area contributed by atoms with Gasteiger partial charge in [-0.1, -0.05) is 6.92 Å². The lowest BCUT2D eigenvalue weighted by Gasteiger charge is -2.09. The molecule has 0 bridgehead atoms. The minimum Gasteiger partial charge on any atom is -0.426 e. The molecule has 0 aliphatic heterocycles. The fourth-order valence-corrected chi connectivity index (χ4v) is 1.86. The fraction of sp³-hybridized carbons (Fsp3) is 0.333. The molecular weight excluding hydrogens is 260 g/mol. The van der Waals surface area contributed by atoms with E-state index in [1.807, 2.05) is 6.92 Å². The zero-order valence-electron chi connectivity index (χ0n) is 11.4. The summed E-state index contributed by atoms with van der Waals surface area (Å²) in [4.78, 5) is 23.0. The summed E-state index contributed by atoms with van der Waals surface area (Å²) in [6, 6.07) is 6.37. The lowest BCUT2D eigenvalue weighted by molar-refractivity contribution is -0.139. The Balaban J connectivity index is 2.39. The van der Waals surface area contributed by atoms with Gasteiger partial charge in [0.1, 0.15) is 11.3 Å². The monoisotopic (exact) mass is 276 g/mol. The Hall–Kier alpha value is -2.14. The van der Waals surface area contributed by atoms with Crippen molar-refractivity contribution in [3.8, 4) is 5.75 Å². The Morgan fingerprint density at radius 2 is 2.15 bits per heavy atom. The van der Waals surface area contributed by atoms with Gasteiger partial charge in [0, 0.05) is 17.5 Å². The van der Waals surface area contributed by atoms with Crippen LogP contribution in [0.5, 0.6) is 5.75 Å².